The van der Waals surface area contributed by atoms with E-state index >= 15 is 0 Å². The van der Waals surface area contributed by atoms with E-state index in [1.54, 1.807) is 0 Å². The molecule has 0 amide bonds. The Labute approximate surface area is 81.2 Å². The van der Waals surface area contributed by atoms with E-state index in [-0.39, 0.29) is 6.92 Å². The zero-order chi connectivity index (χ0) is 9.68. The molecular formula is C11H17BO. The lowest BCUT2D eigenvalue weighted by Crippen LogP contribution is -2.31. The Kier molecular flexibility index (Phi) is 4.03. The van der Waals surface area contributed by atoms with Crippen LogP contribution >= 0.6 is 0 Å². The minimum absolute atomic E-state index is 0.212. The SMILES string of the molecule is CB(OCC(C)C)c1ccccc1. The predicted molar refractivity (Wildman–Crippen MR) is 58.5 cm³/mol. The fourth-order valence-corrected chi connectivity index (χ4v) is 1.16. The van der Waals surface area contributed by atoms with E-state index in [1.807, 2.05) is 18.2 Å². The third kappa shape index (κ3) is 3.64. The average molecular weight is 176 g/mol. The van der Waals surface area contributed by atoms with E-state index in [2.05, 4.69) is 32.8 Å². The van der Waals surface area contributed by atoms with Crippen LogP contribution in [0, 0.1) is 5.92 Å². The number of hydrogen-bond donors (Lipinski definition) is 0. The Morgan fingerprint density at radius 2 is 1.85 bits per heavy atom. The van der Waals surface area contributed by atoms with Gasteiger partial charge in [0, 0.05) is 6.61 Å². The number of benzene rings is 1. The van der Waals surface area contributed by atoms with Crippen molar-refractivity contribution in [1.29, 1.82) is 0 Å². The smallest absolute Gasteiger partial charge is 0.323 e. The first-order valence-corrected chi connectivity index (χ1v) is 4.86. The summed E-state index contributed by atoms with van der Waals surface area (Å²) in [6.07, 6.45) is 0. The molecule has 1 aromatic rings. The summed E-state index contributed by atoms with van der Waals surface area (Å²) in [5, 5.41) is 0. The van der Waals surface area contributed by atoms with Gasteiger partial charge in [0.25, 0.3) is 0 Å². The molecule has 1 rings (SSSR count). The van der Waals surface area contributed by atoms with Gasteiger partial charge in [-0.2, -0.15) is 0 Å². The van der Waals surface area contributed by atoms with Crippen LogP contribution in [0.3, 0.4) is 0 Å². The van der Waals surface area contributed by atoms with Gasteiger partial charge in [-0.15, -0.1) is 0 Å². The van der Waals surface area contributed by atoms with Gasteiger partial charge in [0.2, 0.25) is 0 Å². The fraction of sp³-hybridized carbons (Fsp3) is 0.455. The number of hydrogen-bond acceptors (Lipinski definition) is 1. The normalized spacial score (nSPS) is 10.5. The van der Waals surface area contributed by atoms with Crippen molar-refractivity contribution in [2.24, 2.45) is 5.92 Å². The Hall–Kier alpha value is -0.755. The van der Waals surface area contributed by atoms with Gasteiger partial charge in [0.1, 0.15) is 0 Å². The molecule has 0 aliphatic rings. The van der Waals surface area contributed by atoms with Crippen LogP contribution in [-0.4, -0.2) is 13.5 Å². The highest BCUT2D eigenvalue weighted by atomic mass is 16.4. The second-order valence-corrected chi connectivity index (χ2v) is 3.78. The molecule has 0 saturated heterocycles. The van der Waals surface area contributed by atoms with Gasteiger partial charge in [0.15, 0.2) is 0 Å². The molecular weight excluding hydrogens is 159 g/mol. The molecule has 0 fully saturated rings. The minimum Gasteiger partial charge on any atom is -0.431 e. The van der Waals surface area contributed by atoms with Crippen molar-refractivity contribution in [2.45, 2.75) is 20.7 Å². The zero-order valence-electron chi connectivity index (χ0n) is 8.66. The Morgan fingerprint density at radius 3 is 2.38 bits per heavy atom. The molecule has 1 nitrogen and oxygen atoms in total. The quantitative estimate of drug-likeness (QED) is 0.639. The monoisotopic (exact) mass is 176 g/mol. The Bertz CT molecular complexity index is 233. The highest BCUT2D eigenvalue weighted by Gasteiger charge is 2.10. The summed E-state index contributed by atoms with van der Waals surface area (Å²) in [6.45, 7) is 7.46. The molecule has 0 unspecified atom stereocenters. The van der Waals surface area contributed by atoms with Crippen molar-refractivity contribution in [1.82, 2.24) is 0 Å². The molecule has 0 saturated carbocycles. The molecule has 0 aromatic heterocycles. The molecule has 0 N–H and O–H groups in total. The second kappa shape index (κ2) is 5.08. The maximum atomic E-state index is 5.69. The highest BCUT2D eigenvalue weighted by Crippen LogP contribution is 1.96. The van der Waals surface area contributed by atoms with Crippen molar-refractivity contribution < 1.29 is 4.65 Å². The first-order valence-electron chi connectivity index (χ1n) is 4.86. The lowest BCUT2D eigenvalue weighted by atomic mass is 9.64. The van der Waals surface area contributed by atoms with E-state index in [1.165, 1.54) is 5.46 Å². The van der Waals surface area contributed by atoms with Crippen molar-refractivity contribution in [3.8, 4) is 0 Å². The topological polar surface area (TPSA) is 9.23 Å². The molecule has 0 aliphatic heterocycles. The van der Waals surface area contributed by atoms with Crippen LogP contribution in [-0.2, 0) is 4.65 Å². The Morgan fingerprint density at radius 1 is 1.23 bits per heavy atom. The predicted octanol–water partition coefficient (Wildman–Crippen LogP) is 2.19. The van der Waals surface area contributed by atoms with Gasteiger partial charge in [-0.3, -0.25) is 0 Å². The van der Waals surface area contributed by atoms with Gasteiger partial charge in [-0.25, -0.2) is 0 Å². The fourth-order valence-electron chi connectivity index (χ4n) is 1.16. The first-order chi connectivity index (χ1) is 6.20. The van der Waals surface area contributed by atoms with E-state index in [9.17, 15) is 0 Å². The summed E-state index contributed by atoms with van der Waals surface area (Å²) in [5.41, 5.74) is 1.25. The highest BCUT2D eigenvalue weighted by molar-refractivity contribution is 6.66. The molecule has 13 heavy (non-hydrogen) atoms. The summed E-state index contributed by atoms with van der Waals surface area (Å²) in [4.78, 5) is 0. The summed E-state index contributed by atoms with van der Waals surface area (Å²) < 4.78 is 5.69. The van der Waals surface area contributed by atoms with Crippen LogP contribution in [0.5, 0.6) is 0 Å². The van der Waals surface area contributed by atoms with Crippen molar-refractivity contribution >= 4 is 12.4 Å². The van der Waals surface area contributed by atoms with Crippen LogP contribution in [0.2, 0.25) is 6.82 Å². The van der Waals surface area contributed by atoms with Crippen molar-refractivity contribution in [2.75, 3.05) is 6.61 Å². The van der Waals surface area contributed by atoms with Gasteiger partial charge in [-0.1, -0.05) is 51.0 Å². The molecule has 1 aromatic carbocycles. The van der Waals surface area contributed by atoms with Crippen LogP contribution in [0.4, 0.5) is 0 Å². The zero-order valence-corrected chi connectivity index (χ0v) is 8.66. The van der Waals surface area contributed by atoms with Crippen LogP contribution in [0.15, 0.2) is 30.3 Å². The molecule has 0 atom stereocenters. The molecule has 0 aliphatic carbocycles. The lowest BCUT2D eigenvalue weighted by Gasteiger charge is -2.11. The van der Waals surface area contributed by atoms with E-state index in [0.29, 0.717) is 5.92 Å². The molecule has 0 heterocycles. The van der Waals surface area contributed by atoms with Gasteiger partial charge in [0.05, 0.1) is 0 Å². The lowest BCUT2D eigenvalue weighted by molar-refractivity contribution is 0.279. The summed E-state index contributed by atoms with van der Waals surface area (Å²) >= 11 is 0. The maximum absolute atomic E-state index is 5.69. The van der Waals surface area contributed by atoms with Gasteiger partial charge in [-0.05, 0) is 11.4 Å². The van der Waals surface area contributed by atoms with E-state index in [4.69, 9.17) is 4.65 Å². The Balaban J connectivity index is 2.44. The summed E-state index contributed by atoms with van der Waals surface area (Å²) in [7, 11) is 0. The largest absolute Gasteiger partial charge is 0.431 e. The molecule has 0 bridgehead atoms. The average Bonchev–Trinajstić information content (AvgIpc) is 2.15. The van der Waals surface area contributed by atoms with E-state index < -0.39 is 0 Å². The van der Waals surface area contributed by atoms with Gasteiger partial charge >= 0.3 is 6.92 Å². The van der Waals surface area contributed by atoms with Crippen molar-refractivity contribution in [3.63, 3.8) is 0 Å². The molecule has 0 radical (unpaired) electrons. The molecule has 70 valence electrons. The van der Waals surface area contributed by atoms with Crippen LogP contribution < -0.4 is 5.46 Å². The maximum Gasteiger partial charge on any atom is 0.323 e. The summed E-state index contributed by atoms with van der Waals surface area (Å²) in [6, 6.07) is 10.3. The summed E-state index contributed by atoms with van der Waals surface area (Å²) in [5.74, 6) is 0.603. The van der Waals surface area contributed by atoms with E-state index in [0.717, 1.165) is 6.61 Å². The van der Waals surface area contributed by atoms with Gasteiger partial charge < -0.3 is 4.65 Å². The molecule has 0 spiro atoms. The third-order valence-electron chi connectivity index (χ3n) is 1.95. The molecule has 2 heteroatoms. The second-order valence-electron chi connectivity index (χ2n) is 3.78. The van der Waals surface area contributed by atoms with Crippen molar-refractivity contribution in [3.05, 3.63) is 30.3 Å². The van der Waals surface area contributed by atoms with Crippen LogP contribution in [0.1, 0.15) is 13.8 Å². The standard InChI is InChI=1S/C11H17BO/c1-10(2)9-13-12(3)11-7-5-4-6-8-11/h4-8,10H,9H2,1-3H3. The van der Waals surface area contributed by atoms with Crippen LogP contribution in [0.25, 0.3) is 0 Å². The number of rotatable bonds is 4. The minimum atomic E-state index is 0.212. The first kappa shape index (κ1) is 10.3. The third-order valence-corrected chi connectivity index (χ3v) is 1.95.